The van der Waals surface area contributed by atoms with Gasteiger partial charge in [0.2, 0.25) is 0 Å². The zero-order chi connectivity index (χ0) is 19.2. The molecule has 2 heterocycles. The SMILES string of the molecule is O=C(c1ccnc(N2CCOCC2)c1)N(Cc1ccccc1)c1ccccc1. The highest BCUT2D eigenvalue weighted by molar-refractivity contribution is 6.06. The zero-order valence-corrected chi connectivity index (χ0v) is 15.7. The van der Waals surface area contributed by atoms with Gasteiger partial charge in [0.05, 0.1) is 19.8 Å². The first-order valence-corrected chi connectivity index (χ1v) is 9.51. The third-order valence-corrected chi connectivity index (χ3v) is 4.82. The molecule has 3 aromatic rings. The van der Waals surface area contributed by atoms with E-state index in [-0.39, 0.29) is 5.91 Å². The second kappa shape index (κ2) is 8.67. The minimum atomic E-state index is -0.0352. The third kappa shape index (κ3) is 4.21. The maximum Gasteiger partial charge on any atom is 0.258 e. The molecule has 1 amide bonds. The Kier molecular flexibility index (Phi) is 5.64. The zero-order valence-electron chi connectivity index (χ0n) is 15.7. The Hall–Kier alpha value is -3.18. The lowest BCUT2D eigenvalue weighted by atomic mass is 10.1. The van der Waals surface area contributed by atoms with Gasteiger partial charge in [0.15, 0.2) is 0 Å². The Bertz CT molecular complexity index is 909. The van der Waals surface area contributed by atoms with Crippen LogP contribution in [0.5, 0.6) is 0 Å². The fraction of sp³-hybridized carbons (Fsp3) is 0.217. The molecule has 0 unspecified atom stereocenters. The Labute approximate surface area is 165 Å². The minimum absolute atomic E-state index is 0.0352. The van der Waals surface area contributed by atoms with E-state index in [0.717, 1.165) is 30.2 Å². The summed E-state index contributed by atoms with van der Waals surface area (Å²) >= 11 is 0. The van der Waals surface area contributed by atoms with Crippen LogP contribution < -0.4 is 9.80 Å². The van der Waals surface area contributed by atoms with Crippen molar-refractivity contribution in [3.05, 3.63) is 90.1 Å². The van der Waals surface area contributed by atoms with E-state index in [4.69, 9.17) is 4.74 Å². The van der Waals surface area contributed by atoms with Crippen LogP contribution in [0.25, 0.3) is 0 Å². The molecule has 142 valence electrons. The summed E-state index contributed by atoms with van der Waals surface area (Å²) < 4.78 is 5.42. The van der Waals surface area contributed by atoms with E-state index >= 15 is 0 Å². The number of morpholine rings is 1. The van der Waals surface area contributed by atoms with E-state index in [1.165, 1.54) is 0 Å². The first-order valence-electron chi connectivity index (χ1n) is 9.51. The molecule has 0 atom stereocenters. The van der Waals surface area contributed by atoms with Crippen molar-refractivity contribution in [1.82, 2.24) is 4.98 Å². The molecule has 0 spiro atoms. The predicted octanol–water partition coefficient (Wildman–Crippen LogP) is 3.77. The number of carbonyl (C=O) groups is 1. The maximum atomic E-state index is 13.4. The van der Waals surface area contributed by atoms with Crippen LogP contribution in [-0.4, -0.2) is 37.2 Å². The van der Waals surface area contributed by atoms with Crippen molar-refractivity contribution >= 4 is 17.4 Å². The number of rotatable bonds is 5. The van der Waals surface area contributed by atoms with Gasteiger partial charge in [0, 0.05) is 30.5 Å². The van der Waals surface area contributed by atoms with Crippen molar-refractivity contribution in [3.8, 4) is 0 Å². The van der Waals surface area contributed by atoms with Crippen LogP contribution >= 0.6 is 0 Å². The van der Waals surface area contributed by atoms with Crippen molar-refractivity contribution in [3.63, 3.8) is 0 Å². The number of hydrogen-bond donors (Lipinski definition) is 0. The summed E-state index contributed by atoms with van der Waals surface area (Å²) in [6.45, 7) is 3.46. The average molecular weight is 373 g/mol. The molecule has 1 fully saturated rings. The van der Waals surface area contributed by atoms with Gasteiger partial charge >= 0.3 is 0 Å². The second-order valence-corrected chi connectivity index (χ2v) is 6.71. The molecule has 5 nitrogen and oxygen atoms in total. The van der Waals surface area contributed by atoms with Gasteiger partial charge in [0.1, 0.15) is 5.82 Å². The Morgan fingerprint density at radius 2 is 1.64 bits per heavy atom. The lowest BCUT2D eigenvalue weighted by Crippen LogP contribution is -2.37. The van der Waals surface area contributed by atoms with E-state index in [1.807, 2.05) is 71.6 Å². The van der Waals surface area contributed by atoms with Crippen LogP contribution in [0.15, 0.2) is 79.0 Å². The summed E-state index contributed by atoms with van der Waals surface area (Å²) in [7, 11) is 0. The third-order valence-electron chi connectivity index (χ3n) is 4.82. The van der Waals surface area contributed by atoms with E-state index in [9.17, 15) is 4.79 Å². The number of hydrogen-bond acceptors (Lipinski definition) is 4. The quantitative estimate of drug-likeness (QED) is 0.683. The van der Waals surface area contributed by atoms with Gasteiger partial charge in [-0.1, -0.05) is 48.5 Å². The molecule has 1 aliphatic heterocycles. The number of aromatic nitrogens is 1. The number of para-hydroxylation sites is 1. The van der Waals surface area contributed by atoms with Crippen molar-refractivity contribution in [2.45, 2.75) is 6.54 Å². The highest BCUT2D eigenvalue weighted by Gasteiger charge is 2.20. The fourth-order valence-electron chi connectivity index (χ4n) is 3.33. The van der Waals surface area contributed by atoms with E-state index in [1.54, 1.807) is 12.3 Å². The molecule has 5 heteroatoms. The standard InChI is InChI=1S/C23H23N3O2/c27-23(20-11-12-24-22(17-20)25-13-15-28-16-14-25)26(21-9-5-2-6-10-21)18-19-7-3-1-4-8-19/h1-12,17H,13-16,18H2. The smallest absolute Gasteiger partial charge is 0.258 e. The summed E-state index contributed by atoms with van der Waals surface area (Å²) in [5.74, 6) is 0.786. The number of nitrogens with zero attached hydrogens (tertiary/aromatic N) is 3. The summed E-state index contributed by atoms with van der Waals surface area (Å²) in [5, 5.41) is 0. The molecule has 1 saturated heterocycles. The number of anilines is 2. The van der Waals surface area contributed by atoms with Gasteiger partial charge in [-0.3, -0.25) is 4.79 Å². The molecule has 28 heavy (non-hydrogen) atoms. The van der Waals surface area contributed by atoms with Crippen molar-refractivity contribution in [2.24, 2.45) is 0 Å². The lowest BCUT2D eigenvalue weighted by Gasteiger charge is -2.28. The largest absolute Gasteiger partial charge is 0.378 e. The van der Waals surface area contributed by atoms with Crippen molar-refractivity contribution in [2.75, 3.05) is 36.1 Å². The van der Waals surface area contributed by atoms with Crippen LogP contribution in [0.4, 0.5) is 11.5 Å². The molecule has 4 rings (SSSR count). The monoisotopic (exact) mass is 373 g/mol. The van der Waals surface area contributed by atoms with Crippen LogP contribution in [0, 0.1) is 0 Å². The van der Waals surface area contributed by atoms with Gasteiger partial charge in [0.25, 0.3) is 5.91 Å². The summed E-state index contributed by atoms with van der Waals surface area (Å²) in [4.78, 5) is 21.9. The molecule has 0 saturated carbocycles. The average Bonchev–Trinajstić information content (AvgIpc) is 2.79. The van der Waals surface area contributed by atoms with Crippen molar-refractivity contribution in [1.29, 1.82) is 0 Å². The number of carbonyl (C=O) groups excluding carboxylic acids is 1. The Balaban J connectivity index is 1.63. The maximum absolute atomic E-state index is 13.4. The highest BCUT2D eigenvalue weighted by Crippen LogP contribution is 2.22. The van der Waals surface area contributed by atoms with Gasteiger partial charge < -0.3 is 14.5 Å². The van der Waals surface area contributed by atoms with Crippen molar-refractivity contribution < 1.29 is 9.53 Å². The van der Waals surface area contributed by atoms with Gasteiger partial charge in [-0.25, -0.2) is 4.98 Å². The number of pyridine rings is 1. The normalized spacial score (nSPS) is 13.9. The van der Waals surface area contributed by atoms with E-state index < -0.39 is 0 Å². The number of ether oxygens (including phenoxy) is 1. The van der Waals surface area contributed by atoms with Crippen LogP contribution in [0.3, 0.4) is 0 Å². The van der Waals surface area contributed by atoms with E-state index in [0.29, 0.717) is 25.3 Å². The highest BCUT2D eigenvalue weighted by atomic mass is 16.5. The molecule has 0 N–H and O–H groups in total. The summed E-state index contributed by atoms with van der Waals surface area (Å²) in [6.07, 6.45) is 1.71. The molecular weight excluding hydrogens is 350 g/mol. The second-order valence-electron chi connectivity index (χ2n) is 6.71. The minimum Gasteiger partial charge on any atom is -0.378 e. The Morgan fingerprint density at radius 3 is 2.36 bits per heavy atom. The van der Waals surface area contributed by atoms with Gasteiger partial charge in [-0.2, -0.15) is 0 Å². The van der Waals surface area contributed by atoms with Crippen LogP contribution in [0.1, 0.15) is 15.9 Å². The Morgan fingerprint density at radius 1 is 0.964 bits per heavy atom. The molecule has 1 aliphatic rings. The first kappa shape index (κ1) is 18.2. The molecular formula is C23H23N3O2. The molecule has 2 aromatic carbocycles. The fourth-order valence-corrected chi connectivity index (χ4v) is 3.33. The summed E-state index contributed by atoms with van der Waals surface area (Å²) in [5.41, 5.74) is 2.60. The number of benzene rings is 2. The summed E-state index contributed by atoms with van der Waals surface area (Å²) in [6, 6.07) is 23.5. The molecule has 0 radical (unpaired) electrons. The van der Waals surface area contributed by atoms with Crippen LogP contribution in [-0.2, 0) is 11.3 Å². The molecule has 1 aromatic heterocycles. The van der Waals surface area contributed by atoms with E-state index in [2.05, 4.69) is 9.88 Å². The number of amides is 1. The molecule has 0 bridgehead atoms. The van der Waals surface area contributed by atoms with Gasteiger partial charge in [-0.15, -0.1) is 0 Å². The molecule has 0 aliphatic carbocycles. The topological polar surface area (TPSA) is 45.7 Å². The lowest BCUT2D eigenvalue weighted by molar-refractivity contribution is 0.0985. The predicted molar refractivity (Wildman–Crippen MR) is 111 cm³/mol. The first-order chi connectivity index (χ1) is 13.8. The van der Waals surface area contributed by atoms with Gasteiger partial charge in [-0.05, 0) is 29.8 Å². The van der Waals surface area contributed by atoms with Crippen LogP contribution in [0.2, 0.25) is 0 Å².